The van der Waals surface area contributed by atoms with Crippen molar-refractivity contribution in [2.24, 2.45) is 5.92 Å². The van der Waals surface area contributed by atoms with E-state index < -0.39 is 0 Å². The summed E-state index contributed by atoms with van der Waals surface area (Å²) in [5.41, 5.74) is 2.05. The van der Waals surface area contributed by atoms with Crippen molar-refractivity contribution >= 4 is 34.2 Å². The van der Waals surface area contributed by atoms with Crippen molar-refractivity contribution in [3.8, 4) is 0 Å². The molecule has 1 aliphatic heterocycles. The number of hydrogen-bond acceptors (Lipinski definition) is 2. The highest BCUT2D eigenvalue weighted by Gasteiger charge is 2.29. The van der Waals surface area contributed by atoms with E-state index in [0.717, 1.165) is 47.8 Å². The molecule has 0 bridgehead atoms. The van der Waals surface area contributed by atoms with Crippen LogP contribution in [0.25, 0.3) is 11.0 Å². The Balaban J connectivity index is 2.11. The Bertz CT molecular complexity index is 638. The number of fused-ring (bicyclic) bond motifs is 1. The van der Waals surface area contributed by atoms with Crippen LogP contribution in [0.2, 0.25) is 5.02 Å². The van der Waals surface area contributed by atoms with Crippen molar-refractivity contribution in [3.05, 3.63) is 29.0 Å². The van der Waals surface area contributed by atoms with E-state index in [0.29, 0.717) is 17.8 Å². The number of nitrogens with zero attached hydrogens (tertiary/aromatic N) is 3. The van der Waals surface area contributed by atoms with Crippen LogP contribution in [0, 0.1) is 5.92 Å². The van der Waals surface area contributed by atoms with Crippen LogP contribution in [0.4, 0.5) is 0 Å². The highest BCUT2D eigenvalue weighted by Crippen LogP contribution is 2.34. The van der Waals surface area contributed by atoms with E-state index in [1.54, 1.807) is 0 Å². The number of piperidine rings is 1. The van der Waals surface area contributed by atoms with Crippen molar-refractivity contribution in [1.29, 1.82) is 0 Å². The number of likely N-dealkylation sites (tertiary alicyclic amines) is 1. The first-order valence-corrected chi connectivity index (χ1v) is 8.43. The van der Waals surface area contributed by atoms with Gasteiger partial charge in [0.1, 0.15) is 11.3 Å². The molecule has 0 saturated carbocycles. The number of alkyl halides is 1. The molecule has 0 amide bonds. The van der Waals surface area contributed by atoms with Gasteiger partial charge >= 0.3 is 0 Å². The lowest BCUT2D eigenvalue weighted by Crippen LogP contribution is -2.38. The SMILES string of the molecule is CC1CN(C)CCC1n1c(CCCl)nc2c(Cl)cccc21. The minimum atomic E-state index is 0.475. The number of aryl methyl sites for hydroxylation is 1. The van der Waals surface area contributed by atoms with Gasteiger partial charge in [0.05, 0.1) is 10.5 Å². The van der Waals surface area contributed by atoms with Gasteiger partial charge in [-0.2, -0.15) is 0 Å². The van der Waals surface area contributed by atoms with Gasteiger partial charge in [-0.1, -0.05) is 24.6 Å². The van der Waals surface area contributed by atoms with Crippen molar-refractivity contribution in [3.63, 3.8) is 0 Å². The van der Waals surface area contributed by atoms with Crippen LogP contribution < -0.4 is 0 Å². The molecule has 2 atom stereocenters. The molecule has 1 aromatic heterocycles. The maximum atomic E-state index is 6.32. The molecule has 1 fully saturated rings. The van der Waals surface area contributed by atoms with Crippen molar-refractivity contribution in [2.45, 2.75) is 25.8 Å². The molecule has 0 radical (unpaired) electrons. The minimum Gasteiger partial charge on any atom is -0.324 e. The number of rotatable bonds is 3. The summed E-state index contributed by atoms with van der Waals surface area (Å²) in [6.07, 6.45) is 1.93. The van der Waals surface area contributed by atoms with Crippen LogP contribution in [0.3, 0.4) is 0 Å². The molecular weight excluding hydrogens is 305 g/mol. The number of hydrogen-bond donors (Lipinski definition) is 0. The predicted octanol–water partition coefficient (Wildman–Crippen LogP) is 3.98. The van der Waals surface area contributed by atoms with Gasteiger partial charge in [-0.3, -0.25) is 0 Å². The lowest BCUT2D eigenvalue weighted by molar-refractivity contribution is 0.159. The largest absolute Gasteiger partial charge is 0.324 e. The summed E-state index contributed by atoms with van der Waals surface area (Å²) < 4.78 is 2.39. The molecule has 114 valence electrons. The van der Waals surface area contributed by atoms with Gasteiger partial charge in [0, 0.05) is 24.9 Å². The summed E-state index contributed by atoms with van der Waals surface area (Å²) in [6.45, 7) is 4.56. The molecule has 1 aliphatic rings. The summed E-state index contributed by atoms with van der Waals surface area (Å²) in [5.74, 6) is 2.24. The van der Waals surface area contributed by atoms with Gasteiger partial charge in [-0.05, 0) is 38.1 Å². The molecule has 2 heterocycles. The fraction of sp³-hybridized carbons (Fsp3) is 0.562. The molecular formula is C16H21Cl2N3. The average molecular weight is 326 g/mol. The second-order valence-electron chi connectivity index (χ2n) is 6.04. The summed E-state index contributed by atoms with van der Waals surface area (Å²) in [5, 5.41) is 0.725. The van der Waals surface area contributed by atoms with E-state index in [1.165, 1.54) is 0 Å². The van der Waals surface area contributed by atoms with Gasteiger partial charge in [-0.15, -0.1) is 11.6 Å². The Labute approximate surface area is 135 Å². The van der Waals surface area contributed by atoms with E-state index in [9.17, 15) is 0 Å². The highest BCUT2D eigenvalue weighted by atomic mass is 35.5. The Morgan fingerprint density at radius 2 is 2.19 bits per heavy atom. The third-order valence-electron chi connectivity index (χ3n) is 4.46. The zero-order valence-corrected chi connectivity index (χ0v) is 14.0. The zero-order chi connectivity index (χ0) is 15.0. The van der Waals surface area contributed by atoms with Crippen molar-refractivity contribution in [1.82, 2.24) is 14.5 Å². The maximum Gasteiger partial charge on any atom is 0.111 e. The smallest absolute Gasteiger partial charge is 0.111 e. The molecule has 0 aliphatic carbocycles. The van der Waals surface area contributed by atoms with Gasteiger partial charge < -0.3 is 9.47 Å². The molecule has 3 nitrogen and oxygen atoms in total. The molecule has 1 aromatic carbocycles. The Morgan fingerprint density at radius 1 is 1.38 bits per heavy atom. The van der Waals surface area contributed by atoms with Crippen LogP contribution in [0.5, 0.6) is 0 Å². The van der Waals surface area contributed by atoms with Gasteiger partial charge in [0.15, 0.2) is 0 Å². The number of para-hydroxylation sites is 1. The fourth-order valence-corrected chi connectivity index (χ4v) is 3.87. The Hall–Kier alpha value is -0.770. The lowest BCUT2D eigenvalue weighted by atomic mass is 9.93. The summed E-state index contributed by atoms with van der Waals surface area (Å²) in [7, 11) is 2.19. The molecule has 2 unspecified atom stereocenters. The van der Waals surface area contributed by atoms with Gasteiger partial charge in [0.2, 0.25) is 0 Å². The van der Waals surface area contributed by atoms with Crippen LogP contribution in [0.15, 0.2) is 18.2 Å². The van der Waals surface area contributed by atoms with Gasteiger partial charge in [0.25, 0.3) is 0 Å². The molecule has 5 heteroatoms. The number of imidazole rings is 1. The molecule has 2 aromatic rings. The summed E-state index contributed by atoms with van der Waals surface area (Å²) in [6, 6.07) is 6.51. The Morgan fingerprint density at radius 3 is 2.90 bits per heavy atom. The lowest BCUT2D eigenvalue weighted by Gasteiger charge is -2.36. The molecule has 0 spiro atoms. The van der Waals surface area contributed by atoms with E-state index in [4.69, 9.17) is 28.2 Å². The highest BCUT2D eigenvalue weighted by molar-refractivity contribution is 6.34. The summed E-state index contributed by atoms with van der Waals surface area (Å²) >= 11 is 12.3. The molecule has 21 heavy (non-hydrogen) atoms. The molecule has 0 N–H and O–H groups in total. The minimum absolute atomic E-state index is 0.475. The van der Waals surface area contributed by atoms with Gasteiger partial charge in [-0.25, -0.2) is 4.98 Å². The average Bonchev–Trinajstić information content (AvgIpc) is 2.79. The van der Waals surface area contributed by atoms with E-state index >= 15 is 0 Å². The van der Waals surface area contributed by atoms with Crippen molar-refractivity contribution < 1.29 is 0 Å². The molecule has 1 saturated heterocycles. The zero-order valence-electron chi connectivity index (χ0n) is 12.5. The third-order valence-corrected chi connectivity index (χ3v) is 4.95. The maximum absolute atomic E-state index is 6.32. The first kappa shape index (κ1) is 15.1. The monoisotopic (exact) mass is 325 g/mol. The fourth-order valence-electron chi connectivity index (χ4n) is 3.49. The van der Waals surface area contributed by atoms with E-state index in [1.807, 2.05) is 12.1 Å². The number of benzene rings is 1. The molecule has 3 rings (SSSR count). The van der Waals surface area contributed by atoms with Crippen LogP contribution in [0.1, 0.15) is 25.2 Å². The first-order chi connectivity index (χ1) is 10.1. The second kappa shape index (κ2) is 6.15. The summed E-state index contributed by atoms with van der Waals surface area (Å²) in [4.78, 5) is 7.16. The van der Waals surface area contributed by atoms with E-state index in [2.05, 4.69) is 29.5 Å². The third kappa shape index (κ3) is 2.79. The van der Waals surface area contributed by atoms with Crippen molar-refractivity contribution in [2.75, 3.05) is 26.0 Å². The Kier molecular flexibility index (Phi) is 4.43. The van der Waals surface area contributed by atoms with E-state index in [-0.39, 0.29) is 0 Å². The predicted molar refractivity (Wildman–Crippen MR) is 89.5 cm³/mol. The second-order valence-corrected chi connectivity index (χ2v) is 6.83. The van der Waals surface area contributed by atoms with Crippen LogP contribution in [-0.2, 0) is 6.42 Å². The standard InChI is InChI=1S/C16H21Cl2N3/c1-11-10-20(2)9-7-13(11)21-14-5-3-4-12(18)16(14)19-15(21)6-8-17/h3-5,11,13H,6-10H2,1-2H3. The van der Waals surface area contributed by atoms with Crippen LogP contribution in [-0.4, -0.2) is 40.5 Å². The normalized spacial score (nSPS) is 23.8. The quantitative estimate of drug-likeness (QED) is 0.796. The number of aromatic nitrogens is 2. The van der Waals surface area contributed by atoms with Crippen LogP contribution >= 0.6 is 23.2 Å². The topological polar surface area (TPSA) is 21.1 Å². The number of halogens is 2. The first-order valence-electron chi connectivity index (χ1n) is 7.51.